The van der Waals surface area contributed by atoms with Crippen molar-refractivity contribution >= 4 is 21.9 Å². The van der Waals surface area contributed by atoms with Crippen molar-refractivity contribution in [3.63, 3.8) is 0 Å². The largest absolute Gasteiger partial charge is 0.456 e. The molecule has 10 rings (SSSR count). The number of aromatic nitrogens is 3. The molecule has 0 unspecified atom stereocenters. The van der Waals surface area contributed by atoms with Gasteiger partial charge in [0.25, 0.3) is 0 Å². The van der Waals surface area contributed by atoms with Gasteiger partial charge in [-0.1, -0.05) is 147 Å². The topological polar surface area (TPSA) is 51.8 Å². The maximum atomic E-state index is 6.22. The molecule has 4 heteroatoms. The molecule has 0 spiro atoms. The first kappa shape index (κ1) is 30.2. The molecular formula is C48H33N3O. The second kappa shape index (κ2) is 11.7. The third-order valence-electron chi connectivity index (χ3n) is 10.6. The van der Waals surface area contributed by atoms with Gasteiger partial charge in [0.1, 0.15) is 11.2 Å². The average Bonchev–Trinajstić information content (AvgIpc) is 3.69. The van der Waals surface area contributed by atoms with Gasteiger partial charge < -0.3 is 4.42 Å². The van der Waals surface area contributed by atoms with Gasteiger partial charge >= 0.3 is 0 Å². The van der Waals surface area contributed by atoms with E-state index in [1.807, 2.05) is 72.8 Å². The van der Waals surface area contributed by atoms with Crippen molar-refractivity contribution in [2.24, 2.45) is 0 Å². The molecule has 1 aliphatic carbocycles. The van der Waals surface area contributed by atoms with Gasteiger partial charge in [0.15, 0.2) is 17.5 Å². The molecule has 7 aromatic carbocycles. The second-order valence-corrected chi connectivity index (χ2v) is 14.0. The van der Waals surface area contributed by atoms with E-state index < -0.39 is 0 Å². The summed E-state index contributed by atoms with van der Waals surface area (Å²) in [5.41, 5.74) is 14.5. The number of furan rings is 1. The molecule has 246 valence electrons. The molecule has 0 fully saturated rings. The number of hydrogen-bond acceptors (Lipinski definition) is 4. The van der Waals surface area contributed by atoms with Crippen LogP contribution in [0.2, 0.25) is 0 Å². The summed E-state index contributed by atoms with van der Waals surface area (Å²) in [5.74, 6) is 1.94. The normalized spacial score (nSPS) is 13.0. The first-order chi connectivity index (χ1) is 25.5. The summed E-state index contributed by atoms with van der Waals surface area (Å²) in [5, 5.41) is 2.24. The van der Waals surface area contributed by atoms with Crippen LogP contribution < -0.4 is 0 Å². The van der Waals surface area contributed by atoms with Gasteiger partial charge in [-0.05, 0) is 74.8 Å². The van der Waals surface area contributed by atoms with Crippen LogP contribution in [0, 0.1) is 0 Å². The molecule has 4 nitrogen and oxygen atoms in total. The monoisotopic (exact) mass is 667 g/mol. The number of rotatable bonds is 5. The third-order valence-corrected chi connectivity index (χ3v) is 10.6. The van der Waals surface area contributed by atoms with Gasteiger partial charge in [-0.15, -0.1) is 0 Å². The highest BCUT2D eigenvalue weighted by Crippen LogP contribution is 2.52. The van der Waals surface area contributed by atoms with Gasteiger partial charge in [-0.3, -0.25) is 0 Å². The first-order valence-corrected chi connectivity index (χ1v) is 17.7. The highest BCUT2D eigenvalue weighted by molar-refractivity contribution is 6.07. The fraction of sp³-hybridized carbons (Fsp3) is 0.0625. The van der Waals surface area contributed by atoms with Gasteiger partial charge in [0.05, 0.1) is 0 Å². The minimum absolute atomic E-state index is 0.129. The van der Waals surface area contributed by atoms with Crippen molar-refractivity contribution in [3.05, 3.63) is 175 Å². The Morgan fingerprint density at radius 3 is 1.58 bits per heavy atom. The maximum absolute atomic E-state index is 6.22. The van der Waals surface area contributed by atoms with E-state index >= 15 is 0 Å². The molecule has 0 saturated heterocycles. The van der Waals surface area contributed by atoms with Gasteiger partial charge in [0, 0.05) is 32.9 Å². The van der Waals surface area contributed by atoms with Crippen LogP contribution in [0.3, 0.4) is 0 Å². The maximum Gasteiger partial charge on any atom is 0.164 e. The number of hydrogen-bond donors (Lipinski definition) is 0. The van der Waals surface area contributed by atoms with Crippen LogP contribution in [0.1, 0.15) is 25.0 Å². The Bertz CT molecular complexity index is 2740. The fourth-order valence-electron chi connectivity index (χ4n) is 7.86. The van der Waals surface area contributed by atoms with Crippen LogP contribution in [-0.4, -0.2) is 15.0 Å². The zero-order valence-corrected chi connectivity index (χ0v) is 28.8. The van der Waals surface area contributed by atoms with Crippen LogP contribution in [0.25, 0.3) is 89.5 Å². The van der Waals surface area contributed by atoms with Crippen LogP contribution in [0.15, 0.2) is 168 Å². The van der Waals surface area contributed by atoms with Crippen molar-refractivity contribution in [1.29, 1.82) is 0 Å². The predicted octanol–water partition coefficient (Wildman–Crippen LogP) is 12.4. The van der Waals surface area contributed by atoms with Crippen molar-refractivity contribution in [2.45, 2.75) is 19.3 Å². The Kier molecular flexibility index (Phi) is 6.80. The Labute approximate surface area is 302 Å². The Balaban J connectivity index is 1.14. The molecule has 52 heavy (non-hydrogen) atoms. The molecule has 0 amide bonds. The molecule has 1 aliphatic rings. The number of benzene rings is 7. The molecule has 2 aromatic heterocycles. The Hall–Kier alpha value is -6.65. The van der Waals surface area contributed by atoms with Crippen LogP contribution >= 0.6 is 0 Å². The summed E-state index contributed by atoms with van der Waals surface area (Å²) in [7, 11) is 0. The second-order valence-electron chi connectivity index (χ2n) is 14.0. The molecule has 0 radical (unpaired) electrons. The minimum Gasteiger partial charge on any atom is -0.456 e. The lowest BCUT2D eigenvalue weighted by Crippen LogP contribution is -2.15. The van der Waals surface area contributed by atoms with E-state index in [9.17, 15) is 0 Å². The fourth-order valence-corrected chi connectivity index (χ4v) is 7.86. The Morgan fingerprint density at radius 2 is 0.885 bits per heavy atom. The van der Waals surface area contributed by atoms with Gasteiger partial charge in [-0.2, -0.15) is 0 Å². The van der Waals surface area contributed by atoms with Crippen molar-refractivity contribution in [2.75, 3.05) is 0 Å². The average molecular weight is 668 g/mol. The lowest BCUT2D eigenvalue weighted by Gasteiger charge is -2.23. The first-order valence-electron chi connectivity index (χ1n) is 17.7. The smallest absolute Gasteiger partial charge is 0.164 e. The minimum atomic E-state index is -0.129. The van der Waals surface area contributed by atoms with Crippen molar-refractivity contribution in [1.82, 2.24) is 15.0 Å². The molecule has 0 bridgehead atoms. The van der Waals surface area contributed by atoms with E-state index in [2.05, 4.69) is 105 Å². The lowest BCUT2D eigenvalue weighted by molar-refractivity contribution is 0.660. The highest BCUT2D eigenvalue weighted by Gasteiger charge is 2.36. The third kappa shape index (κ3) is 4.87. The summed E-state index contributed by atoms with van der Waals surface area (Å²) >= 11 is 0. The molecule has 9 aromatic rings. The quantitative estimate of drug-likeness (QED) is 0.183. The van der Waals surface area contributed by atoms with E-state index in [4.69, 9.17) is 19.4 Å². The summed E-state index contributed by atoms with van der Waals surface area (Å²) in [6.45, 7) is 4.67. The molecule has 0 atom stereocenters. The summed E-state index contributed by atoms with van der Waals surface area (Å²) < 4.78 is 6.22. The van der Waals surface area contributed by atoms with Crippen LogP contribution in [-0.2, 0) is 5.41 Å². The molecule has 0 N–H and O–H groups in total. The van der Waals surface area contributed by atoms with Crippen LogP contribution in [0.5, 0.6) is 0 Å². The number of nitrogens with zero attached hydrogens (tertiary/aromatic N) is 3. The summed E-state index contributed by atoms with van der Waals surface area (Å²) in [6, 6.07) is 57.4. The number of fused-ring (bicyclic) bond motifs is 6. The van der Waals surface area contributed by atoms with E-state index in [-0.39, 0.29) is 5.41 Å². The number of para-hydroxylation sites is 1. The van der Waals surface area contributed by atoms with E-state index in [0.29, 0.717) is 17.5 Å². The molecular weight excluding hydrogens is 635 g/mol. The predicted molar refractivity (Wildman–Crippen MR) is 212 cm³/mol. The van der Waals surface area contributed by atoms with Crippen LogP contribution in [0.4, 0.5) is 0 Å². The molecule has 2 heterocycles. The van der Waals surface area contributed by atoms with Gasteiger partial charge in [-0.25, -0.2) is 15.0 Å². The molecule has 0 saturated carbocycles. The van der Waals surface area contributed by atoms with E-state index in [0.717, 1.165) is 49.8 Å². The zero-order chi connectivity index (χ0) is 34.8. The highest BCUT2D eigenvalue weighted by atomic mass is 16.3. The SMILES string of the molecule is CC1(C)c2ccccc2-c2cc(-c3ccc4oc5ccccc5c4c3)c(-c3ccc(-c4nc(-c5ccccc5)nc(-c5ccccc5)n4)cc3)cc21. The molecule has 0 aliphatic heterocycles. The lowest BCUT2D eigenvalue weighted by atomic mass is 9.80. The van der Waals surface area contributed by atoms with Crippen molar-refractivity contribution in [3.8, 4) is 67.5 Å². The summed E-state index contributed by atoms with van der Waals surface area (Å²) in [4.78, 5) is 14.8. The van der Waals surface area contributed by atoms with E-state index in [1.54, 1.807) is 0 Å². The van der Waals surface area contributed by atoms with Gasteiger partial charge in [0.2, 0.25) is 0 Å². The summed E-state index contributed by atoms with van der Waals surface area (Å²) in [6.07, 6.45) is 0. The zero-order valence-electron chi connectivity index (χ0n) is 28.8. The van der Waals surface area contributed by atoms with Crippen molar-refractivity contribution < 1.29 is 4.42 Å². The Morgan fingerprint density at radius 1 is 0.365 bits per heavy atom. The standard InChI is InChI=1S/C48H33N3O/c1-48(2)41-19-11-9-17-35(41)39-28-37(34-25-26-44-40(27-34)36-18-10-12-20-43(36)52-44)38(29-42(39)48)30-21-23-33(24-22-30)47-50-45(31-13-5-3-6-14-31)49-46(51-47)32-15-7-4-8-16-32/h3-29H,1-2H3. The van der Waals surface area contributed by atoms with E-state index in [1.165, 1.54) is 33.4 Å².